The van der Waals surface area contributed by atoms with Crippen molar-refractivity contribution in [1.29, 1.82) is 0 Å². The van der Waals surface area contributed by atoms with Crippen molar-refractivity contribution in [2.24, 2.45) is 5.92 Å². The predicted octanol–water partition coefficient (Wildman–Crippen LogP) is 1.90. The molecule has 27 heavy (non-hydrogen) atoms. The first-order valence-electron chi connectivity index (χ1n) is 9.07. The Balaban J connectivity index is 1.89. The van der Waals surface area contributed by atoms with Crippen LogP contribution in [-0.4, -0.2) is 51.8 Å². The summed E-state index contributed by atoms with van der Waals surface area (Å²) >= 11 is 0. The van der Waals surface area contributed by atoms with Gasteiger partial charge in [0.25, 0.3) is 0 Å². The number of methoxy groups -OCH3 is 1. The summed E-state index contributed by atoms with van der Waals surface area (Å²) in [7, 11) is -0.595. The third kappa shape index (κ3) is 3.48. The number of piperidine rings is 1. The maximum Gasteiger partial charge on any atom is 0.308 e. The number of carbonyl (C=O) groups excluding carboxylic acids is 2. The summed E-state index contributed by atoms with van der Waals surface area (Å²) in [6, 6.07) is 4.97. The first kappa shape index (κ1) is 19.8. The zero-order valence-corrected chi connectivity index (χ0v) is 17.0. The molecular formula is C19H26N2O5S. The average Bonchev–Trinajstić information content (AvgIpc) is 2.65. The van der Waals surface area contributed by atoms with E-state index in [1.807, 2.05) is 13.8 Å². The van der Waals surface area contributed by atoms with Crippen LogP contribution in [0.4, 0.5) is 5.69 Å². The van der Waals surface area contributed by atoms with Gasteiger partial charge in [0.15, 0.2) is 0 Å². The van der Waals surface area contributed by atoms with Crippen LogP contribution in [0, 0.1) is 5.92 Å². The van der Waals surface area contributed by atoms with Gasteiger partial charge in [0.1, 0.15) is 0 Å². The summed E-state index contributed by atoms with van der Waals surface area (Å²) in [5.74, 6) is -0.508. The number of fused-ring (bicyclic) bond motifs is 1. The lowest BCUT2D eigenvalue weighted by atomic mass is 9.77. The Morgan fingerprint density at radius 2 is 1.85 bits per heavy atom. The van der Waals surface area contributed by atoms with Crippen LogP contribution in [0.25, 0.3) is 0 Å². The number of amides is 1. The van der Waals surface area contributed by atoms with E-state index in [1.54, 1.807) is 30.1 Å². The molecule has 0 aliphatic carbocycles. The molecule has 3 rings (SSSR count). The summed E-state index contributed by atoms with van der Waals surface area (Å²) in [5.41, 5.74) is 1.18. The number of carbonyl (C=O) groups is 2. The molecular weight excluding hydrogens is 368 g/mol. The number of benzene rings is 1. The highest BCUT2D eigenvalue weighted by Crippen LogP contribution is 2.41. The molecule has 0 radical (unpaired) electrons. The highest BCUT2D eigenvalue weighted by Gasteiger charge is 2.37. The minimum Gasteiger partial charge on any atom is -0.469 e. The van der Waals surface area contributed by atoms with Crippen LogP contribution in [0.15, 0.2) is 23.1 Å². The van der Waals surface area contributed by atoms with E-state index in [4.69, 9.17) is 4.74 Å². The maximum absolute atomic E-state index is 13.1. The summed E-state index contributed by atoms with van der Waals surface area (Å²) in [6.45, 7) is 4.49. The van der Waals surface area contributed by atoms with E-state index >= 15 is 0 Å². The van der Waals surface area contributed by atoms with E-state index in [1.165, 1.54) is 11.4 Å². The molecule has 148 valence electrons. The van der Waals surface area contributed by atoms with Crippen LogP contribution in [0.1, 0.15) is 38.7 Å². The Morgan fingerprint density at radius 3 is 2.44 bits per heavy atom. The van der Waals surface area contributed by atoms with Crippen molar-refractivity contribution < 1.29 is 22.7 Å². The number of hydrogen-bond acceptors (Lipinski definition) is 5. The number of sulfonamides is 1. The fourth-order valence-corrected chi connectivity index (χ4v) is 5.38. The van der Waals surface area contributed by atoms with Gasteiger partial charge >= 0.3 is 5.97 Å². The molecule has 0 aromatic heterocycles. The zero-order chi connectivity index (χ0) is 20.0. The van der Waals surface area contributed by atoms with E-state index in [2.05, 4.69) is 0 Å². The highest BCUT2D eigenvalue weighted by atomic mass is 32.2. The van der Waals surface area contributed by atoms with Gasteiger partial charge in [-0.15, -0.1) is 0 Å². The average molecular weight is 394 g/mol. The van der Waals surface area contributed by atoms with Crippen LogP contribution >= 0.6 is 0 Å². The second kappa shape index (κ2) is 6.91. The summed E-state index contributed by atoms with van der Waals surface area (Å²) in [4.78, 5) is 25.6. The van der Waals surface area contributed by atoms with Crippen LogP contribution in [0.3, 0.4) is 0 Å². The third-order valence-corrected chi connectivity index (χ3v) is 7.55. The van der Waals surface area contributed by atoms with Gasteiger partial charge in [0, 0.05) is 37.7 Å². The molecule has 0 unspecified atom stereocenters. The van der Waals surface area contributed by atoms with E-state index < -0.39 is 15.4 Å². The van der Waals surface area contributed by atoms with Crippen LogP contribution in [0.2, 0.25) is 0 Å². The van der Waals surface area contributed by atoms with Crippen molar-refractivity contribution in [3.05, 3.63) is 23.8 Å². The number of hydrogen-bond donors (Lipinski definition) is 0. The lowest BCUT2D eigenvalue weighted by Crippen LogP contribution is -2.41. The second-order valence-corrected chi connectivity index (χ2v) is 9.83. The Kier molecular flexibility index (Phi) is 5.07. The molecule has 0 bridgehead atoms. The largest absolute Gasteiger partial charge is 0.469 e. The van der Waals surface area contributed by atoms with E-state index in [0.29, 0.717) is 32.4 Å². The Labute approximate surface area is 160 Å². The first-order valence-corrected chi connectivity index (χ1v) is 10.5. The Hall–Kier alpha value is -1.93. The van der Waals surface area contributed by atoms with Crippen molar-refractivity contribution in [3.63, 3.8) is 0 Å². The SMILES string of the molecule is COC(=O)C1CCN(S(=O)(=O)c2ccc3c(c2)C(C)(C)CC(=O)N3C)CC1. The number of ether oxygens (including phenoxy) is 1. The molecule has 2 aliphatic heterocycles. The molecule has 8 heteroatoms. The molecule has 1 amide bonds. The van der Waals surface area contributed by atoms with E-state index in [-0.39, 0.29) is 22.7 Å². The van der Waals surface area contributed by atoms with Gasteiger partial charge in [-0.05, 0) is 36.6 Å². The normalized spacial score (nSPS) is 21.0. The topological polar surface area (TPSA) is 84.0 Å². The van der Waals surface area contributed by atoms with Gasteiger partial charge in [-0.1, -0.05) is 13.8 Å². The number of anilines is 1. The van der Waals surface area contributed by atoms with Crippen LogP contribution < -0.4 is 4.90 Å². The highest BCUT2D eigenvalue weighted by molar-refractivity contribution is 7.89. The minimum absolute atomic E-state index is 0.0213. The molecule has 1 aromatic carbocycles. The molecule has 1 saturated heterocycles. The molecule has 2 aliphatic rings. The van der Waals surface area contributed by atoms with E-state index in [9.17, 15) is 18.0 Å². The van der Waals surface area contributed by atoms with Gasteiger partial charge in [0.05, 0.1) is 17.9 Å². The molecule has 0 atom stereocenters. The van der Waals surface area contributed by atoms with E-state index in [0.717, 1.165) is 11.3 Å². The number of esters is 1. The fourth-order valence-electron chi connectivity index (χ4n) is 3.88. The molecule has 1 fully saturated rings. The molecule has 0 N–H and O–H groups in total. The van der Waals surface area contributed by atoms with Crippen LogP contribution in [-0.2, 0) is 29.8 Å². The van der Waals surface area contributed by atoms with Crippen LogP contribution in [0.5, 0.6) is 0 Å². The Morgan fingerprint density at radius 1 is 1.22 bits per heavy atom. The lowest BCUT2D eigenvalue weighted by molar-refractivity contribution is -0.146. The van der Waals surface area contributed by atoms with Gasteiger partial charge in [-0.3, -0.25) is 9.59 Å². The van der Waals surface area contributed by atoms with Gasteiger partial charge in [-0.25, -0.2) is 8.42 Å². The lowest BCUT2D eigenvalue weighted by Gasteiger charge is -2.37. The summed E-state index contributed by atoms with van der Waals surface area (Å²) < 4.78 is 32.4. The third-order valence-electron chi connectivity index (χ3n) is 5.65. The molecule has 2 heterocycles. The molecule has 0 saturated carbocycles. The molecule has 0 spiro atoms. The van der Waals surface area contributed by atoms with Gasteiger partial charge in [0.2, 0.25) is 15.9 Å². The number of rotatable bonds is 3. The van der Waals surface area contributed by atoms with Gasteiger partial charge < -0.3 is 9.64 Å². The van der Waals surface area contributed by atoms with Gasteiger partial charge in [-0.2, -0.15) is 4.31 Å². The second-order valence-electron chi connectivity index (χ2n) is 7.89. The predicted molar refractivity (Wildman–Crippen MR) is 101 cm³/mol. The quantitative estimate of drug-likeness (QED) is 0.731. The molecule has 1 aromatic rings. The Bertz CT molecular complexity index is 870. The zero-order valence-electron chi connectivity index (χ0n) is 16.2. The fraction of sp³-hybridized carbons (Fsp3) is 0.579. The first-order chi connectivity index (χ1) is 12.6. The van der Waals surface area contributed by atoms with Crippen molar-refractivity contribution in [2.75, 3.05) is 32.1 Å². The van der Waals surface area contributed by atoms with Crippen molar-refractivity contribution in [3.8, 4) is 0 Å². The standard InChI is InChI=1S/C19H26N2O5S/c1-19(2)12-17(22)20(3)16-6-5-14(11-15(16)19)27(24,25)21-9-7-13(8-10-21)18(23)26-4/h5-6,11,13H,7-10,12H2,1-4H3. The van der Waals surface area contributed by atoms with Crippen molar-refractivity contribution in [2.45, 2.75) is 43.4 Å². The summed E-state index contributed by atoms with van der Waals surface area (Å²) in [5, 5.41) is 0. The minimum atomic E-state index is -3.65. The summed E-state index contributed by atoms with van der Waals surface area (Å²) in [6.07, 6.45) is 1.25. The monoisotopic (exact) mass is 394 g/mol. The number of nitrogens with zero attached hydrogens (tertiary/aromatic N) is 2. The smallest absolute Gasteiger partial charge is 0.308 e. The van der Waals surface area contributed by atoms with Crippen molar-refractivity contribution in [1.82, 2.24) is 4.31 Å². The maximum atomic E-state index is 13.1. The van der Waals surface area contributed by atoms with Crippen molar-refractivity contribution >= 4 is 27.6 Å². The molecule has 7 nitrogen and oxygen atoms in total.